The summed E-state index contributed by atoms with van der Waals surface area (Å²) in [6.45, 7) is 2.88. The van der Waals surface area contributed by atoms with Gasteiger partial charge in [0, 0.05) is 6.54 Å². The van der Waals surface area contributed by atoms with Gasteiger partial charge in [-0.25, -0.2) is 0 Å². The van der Waals surface area contributed by atoms with Gasteiger partial charge in [0.05, 0.1) is 11.8 Å². The Balaban J connectivity index is 2.19. The largest absolute Gasteiger partial charge is 0.472 e. The van der Waals surface area contributed by atoms with Crippen LogP contribution in [0, 0.1) is 0 Å². The molecule has 0 bridgehead atoms. The van der Waals surface area contributed by atoms with Gasteiger partial charge in [0.25, 0.3) is 5.91 Å². The monoisotopic (exact) mass is 181 g/mol. The van der Waals surface area contributed by atoms with Crippen LogP contribution < -0.4 is 5.32 Å². The number of nitrogens with one attached hydrogen (secondary N) is 1. The molecule has 3 nitrogen and oxygen atoms in total. The van der Waals surface area contributed by atoms with Crippen LogP contribution in [0.5, 0.6) is 0 Å². The maximum absolute atomic E-state index is 11.3. The molecule has 72 valence electrons. The molecule has 1 heterocycles. The lowest BCUT2D eigenvalue weighted by molar-refractivity contribution is 0.0952. The Hall–Kier alpha value is -1.25. The van der Waals surface area contributed by atoms with Crippen LogP contribution >= 0.6 is 0 Å². The van der Waals surface area contributed by atoms with Crippen molar-refractivity contribution < 1.29 is 9.21 Å². The zero-order valence-corrected chi connectivity index (χ0v) is 7.88. The quantitative estimate of drug-likeness (QED) is 0.707. The lowest BCUT2D eigenvalue weighted by atomic mass is 10.2. The highest BCUT2D eigenvalue weighted by atomic mass is 16.3. The third kappa shape index (κ3) is 3.32. The fourth-order valence-corrected chi connectivity index (χ4v) is 1.07. The Bertz CT molecular complexity index is 241. The number of hydrogen-bond acceptors (Lipinski definition) is 2. The minimum atomic E-state index is -0.0511. The summed E-state index contributed by atoms with van der Waals surface area (Å²) < 4.78 is 4.80. The average molecular weight is 181 g/mol. The molecule has 0 aromatic carbocycles. The van der Waals surface area contributed by atoms with Gasteiger partial charge in [-0.1, -0.05) is 19.8 Å². The van der Waals surface area contributed by atoms with Crippen LogP contribution in [0.25, 0.3) is 0 Å². The Morgan fingerprint density at radius 3 is 3.00 bits per heavy atom. The van der Waals surface area contributed by atoms with Crippen LogP contribution in [0.2, 0.25) is 0 Å². The van der Waals surface area contributed by atoms with E-state index in [1.807, 2.05) is 0 Å². The third-order valence-corrected chi connectivity index (χ3v) is 1.85. The van der Waals surface area contributed by atoms with Gasteiger partial charge in [0.1, 0.15) is 6.26 Å². The van der Waals surface area contributed by atoms with Crippen LogP contribution in [0.15, 0.2) is 23.0 Å². The Labute approximate surface area is 78.1 Å². The van der Waals surface area contributed by atoms with Gasteiger partial charge >= 0.3 is 0 Å². The predicted octanol–water partition coefficient (Wildman–Crippen LogP) is 2.20. The number of amides is 1. The lowest BCUT2D eigenvalue weighted by Gasteiger charge is -2.01. The Kier molecular flexibility index (Phi) is 4.09. The molecule has 1 rings (SSSR count). The van der Waals surface area contributed by atoms with E-state index in [0.29, 0.717) is 5.56 Å². The first-order valence-electron chi connectivity index (χ1n) is 4.65. The van der Waals surface area contributed by atoms with Gasteiger partial charge in [-0.05, 0) is 12.5 Å². The number of carbonyl (C=O) groups excluding carboxylic acids is 1. The second kappa shape index (κ2) is 5.41. The van der Waals surface area contributed by atoms with E-state index in [9.17, 15) is 4.79 Å². The first-order chi connectivity index (χ1) is 6.34. The van der Waals surface area contributed by atoms with Gasteiger partial charge in [-0.3, -0.25) is 4.79 Å². The Morgan fingerprint density at radius 2 is 2.38 bits per heavy atom. The second-order valence-electron chi connectivity index (χ2n) is 2.98. The van der Waals surface area contributed by atoms with Crippen molar-refractivity contribution in [2.75, 3.05) is 6.54 Å². The molecular weight excluding hydrogens is 166 g/mol. The minimum absolute atomic E-state index is 0.0511. The van der Waals surface area contributed by atoms with Crippen molar-refractivity contribution in [2.45, 2.75) is 26.2 Å². The summed E-state index contributed by atoms with van der Waals surface area (Å²) in [5.41, 5.74) is 0.594. The highest BCUT2D eigenvalue weighted by Crippen LogP contribution is 1.99. The molecule has 1 aromatic heterocycles. The fourth-order valence-electron chi connectivity index (χ4n) is 1.07. The lowest BCUT2D eigenvalue weighted by Crippen LogP contribution is -2.23. The topological polar surface area (TPSA) is 42.2 Å². The van der Waals surface area contributed by atoms with Crippen molar-refractivity contribution in [3.05, 3.63) is 24.2 Å². The normalized spacial score (nSPS) is 9.92. The smallest absolute Gasteiger partial charge is 0.254 e. The third-order valence-electron chi connectivity index (χ3n) is 1.85. The molecule has 0 aliphatic rings. The summed E-state index contributed by atoms with van der Waals surface area (Å²) in [6, 6.07) is 1.66. The van der Waals surface area contributed by atoms with Crippen LogP contribution in [0.4, 0.5) is 0 Å². The molecular formula is C10H15NO2. The predicted molar refractivity (Wildman–Crippen MR) is 50.6 cm³/mol. The standard InChI is InChI=1S/C10H15NO2/c1-2-3-4-6-11-10(12)9-5-7-13-8-9/h5,7-8H,2-4,6H2,1H3,(H,11,12). The van der Waals surface area contributed by atoms with Crippen LogP contribution in [0.1, 0.15) is 36.5 Å². The fraction of sp³-hybridized carbons (Fsp3) is 0.500. The number of rotatable bonds is 5. The van der Waals surface area contributed by atoms with Gasteiger partial charge in [0.15, 0.2) is 0 Å². The molecule has 0 aliphatic carbocycles. The summed E-state index contributed by atoms with van der Waals surface area (Å²) in [5.74, 6) is -0.0511. The molecule has 1 N–H and O–H groups in total. The molecule has 0 unspecified atom stereocenters. The summed E-state index contributed by atoms with van der Waals surface area (Å²) in [6.07, 6.45) is 6.32. The first-order valence-corrected chi connectivity index (χ1v) is 4.65. The molecule has 0 atom stereocenters. The van der Waals surface area contributed by atoms with E-state index in [-0.39, 0.29) is 5.91 Å². The summed E-state index contributed by atoms with van der Waals surface area (Å²) in [4.78, 5) is 11.3. The highest BCUT2D eigenvalue weighted by molar-refractivity contribution is 5.93. The molecule has 0 saturated heterocycles. The maximum Gasteiger partial charge on any atom is 0.254 e. The molecule has 13 heavy (non-hydrogen) atoms. The van der Waals surface area contributed by atoms with Crippen LogP contribution in [-0.2, 0) is 0 Å². The van der Waals surface area contributed by atoms with E-state index >= 15 is 0 Å². The van der Waals surface area contributed by atoms with E-state index in [1.165, 1.54) is 18.9 Å². The average Bonchev–Trinajstić information content (AvgIpc) is 2.65. The molecule has 0 aliphatic heterocycles. The van der Waals surface area contributed by atoms with E-state index in [1.54, 1.807) is 6.07 Å². The van der Waals surface area contributed by atoms with Gasteiger partial charge < -0.3 is 9.73 Å². The van der Waals surface area contributed by atoms with E-state index < -0.39 is 0 Å². The summed E-state index contributed by atoms with van der Waals surface area (Å²) >= 11 is 0. The minimum Gasteiger partial charge on any atom is -0.472 e. The van der Waals surface area contributed by atoms with Crippen molar-refractivity contribution in [1.82, 2.24) is 5.32 Å². The van der Waals surface area contributed by atoms with E-state index in [4.69, 9.17) is 4.42 Å². The van der Waals surface area contributed by atoms with Crippen molar-refractivity contribution in [3.63, 3.8) is 0 Å². The van der Waals surface area contributed by atoms with Gasteiger partial charge in [-0.2, -0.15) is 0 Å². The zero-order valence-electron chi connectivity index (χ0n) is 7.88. The van der Waals surface area contributed by atoms with Crippen LogP contribution in [0.3, 0.4) is 0 Å². The molecule has 1 aromatic rings. The summed E-state index contributed by atoms with van der Waals surface area (Å²) in [5, 5.41) is 2.82. The molecule has 1 amide bonds. The van der Waals surface area contributed by atoms with Crippen LogP contribution in [-0.4, -0.2) is 12.5 Å². The van der Waals surface area contributed by atoms with Gasteiger partial charge in [0.2, 0.25) is 0 Å². The molecule has 0 radical (unpaired) electrons. The van der Waals surface area contributed by atoms with Crippen molar-refractivity contribution in [2.24, 2.45) is 0 Å². The second-order valence-corrected chi connectivity index (χ2v) is 2.98. The molecule has 0 saturated carbocycles. The molecule has 0 spiro atoms. The number of hydrogen-bond donors (Lipinski definition) is 1. The van der Waals surface area contributed by atoms with Crippen molar-refractivity contribution >= 4 is 5.91 Å². The number of furan rings is 1. The van der Waals surface area contributed by atoms with Crippen molar-refractivity contribution in [3.8, 4) is 0 Å². The summed E-state index contributed by atoms with van der Waals surface area (Å²) in [7, 11) is 0. The SMILES string of the molecule is CCCCCNC(=O)c1ccoc1. The number of unbranched alkanes of at least 4 members (excludes halogenated alkanes) is 2. The highest BCUT2D eigenvalue weighted by Gasteiger charge is 2.04. The maximum atomic E-state index is 11.3. The van der Waals surface area contributed by atoms with Gasteiger partial charge in [-0.15, -0.1) is 0 Å². The molecule has 0 fully saturated rings. The Morgan fingerprint density at radius 1 is 1.54 bits per heavy atom. The van der Waals surface area contributed by atoms with E-state index in [2.05, 4.69) is 12.2 Å². The zero-order chi connectivity index (χ0) is 9.52. The number of carbonyl (C=O) groups is 1. The van der Waals surface area contributed by atoms with Crippen molar-refractivity contribution in [1.29, 1.82) is 0 Å². The van der Waals surface area contributed by atoms with E-state index in [0.717, 1.165) is 19.4 Å². The molecule has 3 heteroatoms. The first kappa shape index (κ1) is 9.84.